The molecule has 0 saturated heterocycles. The Morgan fingerprint density at radius 2 is 2.16 bits per heavy atom. The third-order valence-corrected chi connectivity index (χ3v) is 6.03. The Morgan fingerprint density at radius 1 is 1.29 bits per heavy atom. The van der Waals surface area contributed by atoms with Gasteiger partial charge in [-0.3, -0.25) is 4.79 Å². The molecule has 1 N–H and O–H groups in total. The summed E-state index contributed by atoms with van der Waals surface area (Å²) in [6.07, 6.45) is 6.27. The first-order chi connectivity index (χ1) is 15.1. The molecule has 160 valence electrons. The number of carbonyl (C=O) groups excluding carboxylic acids is 1. The summed E-state index contributed by atoms with van der Waals surface area (Å²) < 4.78 is 27.7. The lowest BCUT2D eigenvalue weighted by Gasteiger charge is -2.38. The maximum Gasteiger partial charge on any atom is 0.256 e. The average Bonchev–Trinajstić information content (AvgIpc) is 3.51. The first-order valence-electron chi connectivity index (χ1n) is 10.4. The zero-order valence-corrected chi connectivity index (χ0v) is 16.9. The van der Waals surface area contributed by atoms with Crippen molar-refractivity contribution in [3.8, 4) is 11.6 Å². The van der Waals surface area contributed by atoms with Gasteiger partial charge in [-0.15, -0.1) is 0 Å². The fourth-order valence-corrected chi connectivity index (χ4v) is 4.28. The molecule has 3 aromatic heterocycles. The summed E-state index contributed by atoms with van der Waals surface area (Å²) in [4.78, 5) is 23.9. The lowest BCUT2D eigenvalue weighted by molar-refractivity contribution is 0.0932. The first-order valence-corrected chi connectivity index (χ1v) is 10.4. The minimum atomic E-state index is -0.425. The number of halogens is 1. The van der Waals surface area contributed by atoms with Gasteiger partial charge >= 0.3 is 0 Å². The van der Waals surface area contributed by atoms with Crippen molar-refractivity contribution in [2.75, 3.05) is 18.1 Å². The fourth-order valence-electron chi connectivity index (χ4n) is 4.28. The Hall–Kier alpha value is -3.43. The van der Waals surface area contributed by atoms with Crippen LogP contribution >= 0.6 is 0 Å². The van der Waals surface area contributed by atoms with E-state index in [1.165, 1.54) is 12.3 Å². The van der Waals surface area contributed by atoms with E-state index >= 15 is 0 Å². The van der Waals surface area contributed by atoms with Crippen LogP contribution in [-0.2, 0) is 6.54 Å². The van der Waals surface area contributed by atoms with Crippen molar-refractivity contribution < 1.29 is 18.7 Å². The third kappa shape index (κ3) is 3.13. The topological polar surface area (TPSA) is 93.9 Å². The van der Waals surface area contributed by atoms with E-state index in [1.54, 1.807) is 10.7 Å². The maximum absolute atomic E-state index is 14.1. The van der Waals surface area contributed by atoms with Crippen molar-refractivity contribution in [3.63, 3.8) is 0 Å². The standard InChI is InChI=1S/C21H21FN6O3/c1-11-5-23-20(29)15-7-25-28-9-17-19(26-18(15)28)27(16(10-30-17)12-2-3-12)8-13-4-14(22)6-24-21(13)31-11/h4,6-7,9,11-12,16H,2-3,5,8,10H2,1H3,(H,23,29)/t11-,16?/m0/s1. The van der Waals surface area contributed by atoms with Crippen LogP contribution < -0.4 is 19.7 Å². The monoisotopic (exact) mass is 424 g/mol. The van der Waals surface area contributed by atoms with Gasteiger partial charge in [0.2, 0.25) is 5.88 Å². The van der Waals surface area contributed by atoms with Gasteiger partial charge in [0.15, 0.2) is 17.2 Å². The molecule has 1 amide bonds. The predicted octanol–water partition coefficient (Wildman–Crippen LogP) is 1.95. The highest BCUT2D eigenvalue weighted by molar-refractivity contribution is 5.99. The molecule has 1 fully saturated rings. The van der Waals surface area contributed by atoms with Gasteiger partial charge in [0.25, 0.3) is 5.91 Å². The second-order valence-electron chi connectivity index (χ2n) is 8.36. The van der Waals surface area contributed by atoms with Crippen LogP contribution in [-0.4, -0.2) is 50.8 Å². The number of nitrogens with one attached hydrogen (secondary N) is 1. The number of fused-ring (bicyclic) bond motifs is 1. The minimum absolute atomic E-state index is 0.0984. The lowest BCUT2D eigenvalue weighted by Crippen LogP contribution is -2.45. The van der Waals surface area contributed by atoms with Gasteiger partial charge in [-0.05, 0) is 31.7 Å². The zero-order valence-electron chi connectivity index (χ0n) is 16.9. The molecule has 0 aromatic carbocycles. The second kappa shape index (κ2) is 6.79. The molecule has 1 aliphatic carbocycles. The van der Waals surface area contributed by atoms with Crippen LogP contribution in [0.1, 0.15) is 35.7 Å². The molecule has 3 aromatic rings. The molecule has 1 unspecified atom stereocenters. The molecule has 6 rings (SSSR count). The molecular weight excluding hydrogens is 403 g/mol. The van der Waals surface area contributed by atoms with Gasteiger partial charge < -0.3 is 19.7 Å². The van der Waals surface area contributed by atoms with Crippen molar-refractivity contribution >= 4 is 17.4 Å². The summed E-state index contributed by atoms with van der Waals surface area (Å²) in [5.41, 5.74) is 1.46. The second-order valence-corrected chi connectivity index (χ2v) is 8.36. The fraction of sp³-hybridized carbons (Fsp3) is 0.429. The molecule has 5 heterocycles. The minimum Gasteiger partial charge on any atom is -0.486 e. The lowest BCUT2D eigenvalue weighted by atomic mass is 10.1. The number of rotatable bonds is 1. The van der Waals surface area contributed by atoms with Crippen LogP contribution in [0, 0.1) is 11.7 Å². The number of nitrogens with zero attached hydrogens (tertiary/aromatic N) is 5. The van der Waals surface area contributed by atoms with Crippen LogP contribution in [0.3, 0.4) is 0 Å². The van der Waals surface area contributed by atoms with Crippen LogP contribution in [0.4, 0.5) is 10.2 Å². The van der Waals surface area contributed by atoms with Gasteiger partial charge in [-0.1, -0.05) is 0 Å². The molecule has 2 aliphatic heterocycles. The first kappa shape index (κ1) is 18.3. The summed E-state index contributed by atoms with van der Waals surface area (Å²) >= 11 is 0. The van der Waals surface area contributed by atoms with Crippen molar-refractivity contribution in [2.45, 2.75) is 38.5 Å². The van der Waals surface area contributed by atoms with E-state index in [-0.39, 0.29) is 24.6 Å². The van der Waals surface area contributed by atoms with Gasteiger partial charge in [-0.2, -0.15) is 5.10 Å². The number of ether oxygens (including phenoxy) is 2. The number of amides is 1. The van der Waals surface area contributed by atoms with Crippen LogP contribution in [0.25, 0.3) is 5.65 Å². The number of anilines is 1. The summed E-state index contributed by atoms with van der Waals surface area (Å²) in [6.45, 7) is 2.98. The van der Waals surface area contributed by atoms with Gasteiger partial charge in [0, 0.05) is 5.56 Å². The third-order valence-electron chi connectivity index (χ3n) is 6.03. The highest BCUT2D eigenvalue weighted by atomic mass is 19.1. The summed E-state index contributed by atoms with van der Waals surface area (Å²) in [5, 5.41) is 7.13. The number of aromatic nitrogens is 4. The number of carbonyl (C=O) groups is 1. The largest absolute Gasteiger partial charge is 0.486 e. The molecular formula is C21H21FN6O3. The van der Waals surface area contributed by atoms with E-state index in [0.29, 0.717) is 53.3 Å². The summed E-state index contributed by atoms with van der Waals surface area (Å²) in [5.74, 6) is 1.33. The van der Waals surface area contributed by atoms with E-state index in [2.05, 4.69) is 20.3 Å². The smallest absolute Gasteiger partial charge is 0.256 e. The van der Waals surface area contributed by atoms with Gasteiger partial charge in [-0.25, -0.2) is 18.9 Å². The Labute approximate surface area is 177 Å². The average molecular weight is 424 g/mol. The Balaban J connectivity index is 1.54. The molecule has 0 radical (unpaired) electrons. The van der Waals surface area contributed by atoms with E-state index in [1.807, 2.05) is 6.92 Å². The summed E-state index contributed by atoms with van der Waals surface area (Å²) in [6, 6.07) is 1.55. The molecule has 3 aliphatic rings. The molecule has 31 heavy (non-hydrogen) atoms. The summed E-state index contributed by atoms with van der Waals surface area (Å²) in [7, 11) is 0. The maximum atomic E-state index is 14.1. The van der Waals surface area contributed by atoms with Crippen LogP contribution in [0.2, 0.25) is 0 Å². The van der Waals surface area contributed by atoms with Gasteiger partial charge in [0.05, 0.1) is 37.7 Å². The van der Waals surface area contributed by atoms with Crippen LogP contribution in [0.5, 0.6) is 11.6 Å². The quantitative estimate of drug-likeness (QED) is 0.638. The number of pyridine rings is 1. The Morgan fingerprint density at radius 3 is 3.00 bits per heavy atom. The molecule has 1 saturated carbocycles. The van der Waals surface area contributed by atoms with Crippen molar-refractivity contribution in [2.24, 2.45) is 5.92 Å². The van der Waals surface area contributed by atoms with Crippen LogP contribution in [0.15, 0.2) is 24.7 Å². The molecule has 2 atom stereocenters. The molecule has 10 heteroatoms. The zero-order chi connectivity index (χ0) is 21.1. The molecule has 2 bridgehead atoms. The Bertz CT molecular complexity index is 1190. The van der Waals surface area contributed by atoms with Crippen molar-refractivity contribution in [1.82, 2.24) is 24.9 Å². The van der Waals surface area contributed by atoms with E-state index < -0.39 is 5.82 Å². The molecule has 0 spiro atoms. The highest BCUT2D eigenvalue weighted by Crippen LogP contribution is 2.43. The van der Waals surface area contributed by atoms with Crippen molar-refractivity contribution in [1.29, 1.82) is 0 Å². The van der Waals surface area contributed by atoms with E-state index in [0.717, 1.165) is 19.0 Å². The van der Waals surface area contributed by atoms with E-state index in [9.17, 15) is 9.18 Å². The molecule has 9 nitrogen and oxygen atoms in total. The number of hydrogen-bond acceptors (Lipinski definition) is 7. The van der Waals surface area contributed by atoms with Gasteiger partial charge in [0.1, 0.15) is 24.1 Å². The SMILES string of the molecule is C[C@H]1CNC(=O)c2cnn3cc4c(nc23)N(Cc2cc(F)cnc2O1)C(C1CC1)CO4. The number of hydrogen-bond donors (Lipinski definition) is 1. The predicted molar refractivity (Wildman–Crippen MR) is 108 cm³/mol. The Kier molecular flexibility index (Phi) is 4.02. The highest BCUT2D eigenvalue weighted by Gasteiger charge is 2.41. The normalized spacial score (nSPS) is 23.2. The van der Waals surface area contributed by atoms with Crippen molar-refractivity contribution in [3.05, 3.63) is 41.6 Å². The van der Waals surface area contributed by atoms with E-state index in [4.69, 9.17) is 14.5 Å².